The number of hydrogen-bond acceptors (Lipinski definition) is 9. The van der Waals surface area contributed by atoms with Gasteiger partial charge < -0.3 is 23.7 Å². The lowest BCUT2D eigenvalue weighted by molar-refractivity contribution is -0.139. The van der Waals surface area contributed by atoms with Crippen LogP contribution in [0.4, 0.5) is 0 Å². The molecular weight excluding hydrogens is 616 g/mol. The van der Waals surface area contributed by atoms with Crippen LogP contribution in [0.3, 0.4) is 0 Å². The molecule has 0 unspecified atom stereocenters. The molecule has 1 aliphatic rings. The molecular formula is C37H40N2O7S. The number of hydrogen-bond donors (Lipinski definition) is 0. The molecule has 3 aromatic carbocycles. The zero-order valence-corrected chi connectivity index (χ0v) is 28.4. The maximum atomic E-state index is 14.0. The summed E-state index contributed by atoms with van der Waals surface area (Å²) in [5.41, 5.74) is 3.35. The number of ether oxygens (including phenoxy) is 5. The van der Waals surface area contributed by atoms with Crippen LogP contribution in [-0.4, -0.2) is 44.6 Å². The summed E-state index contributed by atoms with van der Waals surface area (Å²) in [4.78, 5) is 32.2. The molecule has 0 saturated heterocycles. The van der Waals surface area contributed by atoms with E-state index in [1.54, 1.807) is 50.8 Å². The lowest BCUT2D eigenvalue weighted by Gasteiger charge is -2.24. The van der Waals surface area contributed by atoms with Gasteiger partial charge in [0.1, 0.15) is 24.7 Å². The zero-order valence-electron chi connectivity index (χ0n) is 27.6. The van der Waals surface area contributed by atoms with E-state index in [9.17, 15) is 9.59 Å². The number of carbonyl (C=O) groups is 1. The van der Waals surface area contributed by atoms with Gasteiger partial charge in [-0.15, -0.1) is 0 Å². The van der Waals surface area contributed by atoms with Gasteiger partial charge in [0.15, 0.2) is 16.3 Å². The molecule has 0 N–H and O–H groups in total. The van der Waals surface area contributed by atoms with E-state index >= 15 is 0 Å². The number of rotatable bonds is 13. The monoisotopic (exact) mass is 656 g/mol. The lowest BCUT2D eigenvalue weighted by Crippen LogP contribution is -2.39. The molecule has 9 nitrogen and oxygen atoms in total. The fourth-order valence-corrected chi connectivity index (χ4v) is 6.42. The number of carbonyl (C=O) groups excluding carboxylic acids is 1. The van der Waals surface area contributed by atoms with Crippen LogP contribution in [0.25, 0.3) is 6.08 Å². The Morgan fingerprint density at radius 3 is 2.30 bits per heavy atom. The fourth-order valence-electron chi connectivity index (χ4n) is 5.38. The molecule has 2 heterocycles. The fraction of sp³-hybridized carbons (Fsp3) is 0.324. The predicted molar refractivity (Wildman–Crippen MR) is 183 cm³/mol. The van der Waals surface area contributed by atoms with Crippen LogP contribution in [0.15, 0.2) is 87.8 Å². The standard InChI is InChI=1S/C37H40N2O7S/c1-7-23(3)26-10-16-29(17-11-26)45-19-20-46-30-18-9-25(21-31(30)43-6)22-32-35(40)39-34(27-12-14-28(42-5)15-13-27)33(36(41)44-8-2)24(4)38-37(39)47-32/h9-18,21-23,34H,7-8,19-20H2,1-6H3/b32-22+/t23-,34-/m1/s1. The van der Waals surface area contributed by atoms with Gasteiger partial charge in [-0.25, -0.2) is 9.79 Å². The molecule has 2 atom stereocenters. The zero-order chi connectivity index (χ0) is 33.5. The molecule has 0 aliphatic carbocycles. The van der Waals surface area contributed by atoms with Gasteiger partial charge in [-0.1, -0.05) is 55.5 Å². The predicted octanol–water partition coefficient (Wildman–Crippen LogP) is 5.79. The van der Waals surface area contributed by atoms with E-state index in [-0.39, 0.29) is 12.2 Å². The minimum absolute atomic E-state index is 0.205. The summed E-state index contributed by atoms with van der Waals surface area (Å²) in [5.74, 6) is 2.57. The number of esters is 1. The molecule has 5 rings (SSSR count). The van der Waals surface area contributed by atoms with Crippen molar-refractivity contribution in [2.45, 2.75) is 46.1 Å². The Hall–Kier alpha value is -4.83. The highest BCUT2D eigenvalue weighted by Crippen LogP contribution is 2.32. The highest BCUT2D eigenvalue weighted by atomic mass is 32.1. The van der Waals surface area contributed by atoms with Gasteiger partial charge in [0, 0.05) is 0 Å². The summed E-state index contributed by atoms with van der Waals surface area (Å²) in [5, 5.41) is 0. The average Bonchev–Trinajstić information content (AvgIpc) is 3.39. The van der Waals surface area contributed by atoms with Crippen molar-refractivity contribution in [2.24, 2.45) is 4.99 Å². The summed E-state index contributed by atoms with van der Waals surface area (Å²) in [7, 11) is 3.16. The van der Waals surface area contributed by atoms with Crippen molar-refractivity contribution >= 4 is 23.4 Å². The number of thiazole rings is 1. The largest absolute Gasteiger partial charge is 0.497 e. The second-order valence-corrected chi connectivity index (χ2v) is 12.1. The first-order chi connectivity index (χ1) is 22.8. The van der Waals surface area contributed by atoms with Crippen LogP contribution in [0, 0.1) is 0 Å². The molecule has 47 heavy (non-hydrogen) atoms. The van der Waals surface area contributed by atoms with Crippen molar-refractivity contribution in [1.82, 2.24) is 4.57 Å². The summed E-state index contributed by atoms with van der Waals surface area (Å²) in [6.07, 6.45) is 2.88. The van der Waals surface area contributed by atoms with Gasteiger partial charge in [0.05, 0.1) is 42.7 Å². The number of benzene rings is 3. The third-order valence-electron chi connectivity index (χ3n) is 8.11. The molecule has 1 aromatic heterocycles. The summed E-state index contributed by atoms with van der Waals surface area (Å²) in [6.45, 7) is 8.80. The molecule has 0 spiro atoms. The molecule has 246 valence electrons. The summed E-state index contributed by atoms with van der Waals surface area (Å²) >= 11 is 1.26. The molecule has 0 bridgehead atoms. The Bertz CT molecular complexity index is 1930. The van der Waals surface area contributed by atoms with Crippen molar-refractivity contribution in [2.75, 3.05) is 34.0 Å². The Morgan fingerprint density at radius 2 is 1.64 bits per heavy atom. The quantitative estimate of drug-likeness (QED) is 0.133. The van der Waals surface area contributed by atoms with E-state index in [4.69, 9.17) is 23.7 Å². The van der Waals surface area contributed by atoms with Gasteiger partial charge >= 0.3 is 5.97 Å². The first-order valence-corrected chi connectivity index (χ1v) is 16.5. The average molecular weight is 657 g/mol. The Kier molecular flexibility index (Phi) is 10.8. The van der Waals surface area contributed by atoms with E-state index in [1.807, 2.05) is 42.5 Å². The maximum Gasteiger partial charge on any atom is 0.338 e. The van der Waals surface area contributed by atoms with Crippen LogP contribution in [0.1, 0.15) is 62.8 Å². The number of fused-ring (bicyclic) bond motifs is 1. The first kappa shape index (κ1) is 33.5. The normalized spacial score (nSPS) is 15.0. The molecule has 0 saturated carbocycles. The third-order valence-corrected chi connectivity index (χ3v) is 9.09. The third kappa shape index (κ3) is 7.44. The lowest BCUT2D eigenvalue weighted by atomic mass is 9.96. The number of aromatic nitrogens is 1. The first-order valence-electron chi connectivity index (χ1n) is 15.6. The number of allylic oxidation sites excluding steroid dienone is 1. The molecule has 4 aromatic rings. The second-order valence-electron chi connectivity index (χ2n) is 11.1. The van der Waals surface area contributed by atoms with Crippen molar-refractivity contribution in [1.29, 1.82) is 0 Å². The van der Waals surface area contributed by atoms with E-state index in [2.05, 4.69) is 31.0 Å². The van der Waals surface area contributed by atoms with Crippen LogP contribution >= 0.6 is 11.3 Å². The van der Waals surface area contributed by atoms with Gasteiger partial charge in [0.2, 0.25) is 0 Å². The van der Waals surface area contributed by atoms with Crippen LogP contribution in [-0.2, 0) is 9.53 Å². The highest BCUT2D eigenvalue weighted by Gasteiger charge is 2.33. The molecule has 10 heteroatoms. The smallest absolute Gasteiger partial charge is 0.338 e. The molecule has 0 amide bonds. The van der Waals surface area contributed by atoms with Crippen molar-refractivity contribution in [3.05, 3.63) is 114 Å². The Labute approximate surface area is 278 Å². The van der Waals surface area contributed by atoms with E-state index in [0.29, 0.717) is 57.0 Å². The van der Waals surface area contributed by atoms with Crippen molar-refractivity contribution < 1.29 is 28.5 Å². The minimum Gasteiger partial charge on any atom is -0.497 e. The van der Waals surface area contributed by atoms with Gasteiger partial charge in [-0.2, -0.15) is 0 Å². The van der Waals surface area contributed by atoms with E-state index < -0.39 is 12.0 Å². The minimum atomic E-state index is -0.705. The van der Waals surface area contributed by atoms with Gasteiger partial charge in [-0.05, 0) is 85.4 Å². The van der Waals surface area contributed by atoms with E-state index in [0.717, 1.165) is 23.3 Å². The van der Waals surface area contributed by atoms with E-state index in [1.165, 1.54) is 16.9 Å². The van der Waals surface area contributed by atoms with Crippen molar-refractivity contribution in [3.63, 3.8) is 0 Å². The molecule has 0 radical (unpaired) electrons. The Morgan fingerprint density at radius 1 is 0.936 bits per heavy atom. The molecule has 1 aliphatic heterocycles. The topological polar surface area (TPSA) is 97.6 Å². The maximum absolute atomic E-state index is 14.0. The summed E-state index contributed by atoms with van der Waals surface area (Å²) < 4.78 is 30.2. The van der Waals surface area contributed by atoms with Crippen LogP contribution < -0.4 is 33.8 Å². The van der Waals surface area contributed by atoms with Crippen LogP contribution in [0.2, 0.25) is 0 Å². The highest BCUT2D eigenvalue weighted by molar-refractivity contribution is 7.07. The summed E-state index contributed by atoms with van der Waals surface area (Å²) in [6, 6.07) is 20.2. The Balaban J connectivity index is 1.38. The number of nitrogens with zero attached hydrogens (tertiary/aromatic N) is 2. The SMILES string of the molecule is CCOC(=O)C1=C(C)N=c2s/c(=C/c3ccc(OCCOc4ccc([C@H](C)CC)cc4)c(OC)c3)c(=O)n2[C@@H]1c1ccc(OC)cc1. The second kappa shape index (κ2) is 15.2. The van der Waals surface area contributed by atoms with Crippen LogP contribution in [0.5, 0.6) is 23.0 Å². The molecule has 0 fully saturated rings. The van der Waals surface area contributed by atoms with Crippen molar-refractivity contribution in [3.8, 4) is 23.0 Å². The van der Waals surface area contributed by atoms with Gasteiger partial charge in [-0.3, -0.25) is 9.36 Å². The number of methoxy groups -OCH3 is 2. The van der Waals surface area contributed by atoms with Gasteiger partial charge in [0.25, 0.3) is 5.56 Å².